The maximum atomic E-state index is 11.7. The summed E-state index contributed by atoms with van der Waals surface area (Å²) in [7, 11) is 0. The Hall–Kier alpha value is -1.87. The molecule has 1 amide bonds. The molecule has 0 aliphatic rings. The summed E-state index contributed by atoms with van der Waals surface area (Å²) in [5.41, 5.74) is 10.3. The molecule has 0 aromatic heterocycles. The highest BCUT2D eigenvalue weighted by molar-refractivity contribution is 5.83. The van der Waals surface area contributed by atoms with Crippen molar-refractivity contribution in [1.29, 1.82) is 0 Å². The Kier molecular flexibility index (Phi) is 11.6. The van der Waals surface area contributed by atoms with E-state index >= 15 is 0 Å². The zero-order valence-electron chi connectivity index (χ0n) is 13.3. The van der Waals surface area contributed by atoms with Gasteiger partial charge in [0.15, 0.2) is 12.2 Å². The van der Waals surface area contributed by atoms with Crippen molar-refractivity contribution in [3.8, 4) is 0 Å². The average Bonchev–Trinajstić information content (AvgIpc) is 2.45. The number of hydrogen-bond acceptors (Lipinski definition) is 5. The van der Waals surface area contributed by atoms with E-state index in [1.807, 2.05) is 0 Å². The number of nitrogens with zero attached hydrogens (tertiary/aromatic N) is 1. The number of aliphatic hydroxyl groups is 2. The van der Waals surface area contributed by atoms with Crippen molar-refractivity contribution < 1.29 is 24.9 Å². The van der Waals surface area contributed by atoms with Crippen LogP contribution < -0.4 is 16.8 Å². The SMILES string of the molecule is NC(N)=NCCCC(NC(=O)CCCCCCC(O)O)C(=O)O. The molecule has 0 bridgehead atoms. The number of unbranched alkanes of at least 4 members (excludes halogenated alkanes) is 3. The van der Waals surface area contributed by atoms with Crippen LogP contribution in [0.3, 0.4) is 0 Å². The molecule has 0 aromatic carbocycles. The van der Waals surface area contributed by atoms with Gasteiger partial charge in [-0.2, -0.15) is 0 Å². The molecule has 134 valence electrons. The van der Waals surface area contributed by atoms with Gasteiger partial charge in [0.05, 0.1) is 0 Å². The number of guanidine groups is 1. The number of aliphatic hydroxyl groups excluding tert-OH is 1. The van der Waals surface area contributed by atoms with E-state index in [2.05, 4.69) is 10.3 Å². The molecular formula is C14H28N4O5. The topological polar surface area (TPSA) is 171 Å². The summed E-state index contributed by atoms with van der Waals surface area (Å²) < 4.78 is 0. The minimum Gasteiger partial charge on any atom is -0.480 e. The summed E-state index contributed by atoms with van der Waals surface area (Å²) in [5, 5.41) is 28.9. The minimum atomic E-state index is -1.28. The molecule has 23 heavy (non-hydrogen) atoms. The maximum absolute atomic E-state index is 11.7. The van der Waals surface area contributed by atoms with Crippen molar-refractivity contribution in [3.63, 3.8) is 0 Å². The highest BCUT2D eigenvalue weighted by atomic mass is 16.5. The third-order valence-corrected chi connectivity index (χ3v) is 3.19. The van der Waals surface area contributed by atoms with Gasteiger partial charge in [-0.05, 0) is 32.1 Å². The number of nitrogens with two attached hydrogens (primary N) is 2. The predicted molar refractivity (Wildman–Crippen MR) is 85.4 cm³/mol. The maximum Gasteiger partial charge on any atom is 0.326 e. The van der Waals surface area contributed by atoms with Gasteiger partial charge in [-0.15, -0.1) is 0 Å². The van der Waals surface area contributed by atoms with Crippen LogP contribution in [0.5, 0.6) is 0 Å². The highest BCUT2D eigenvalue weighted by Gasteiger charge is 2.18. The number of hydrogen-bond donors (Lipinski definition) is 6. The van der Waals surface area contributed by atoms with Crippen molar-refractivity contribution in [2.24, 2.45) is 16.5 Å². The van der Waals surface area contributed by atoms with Gasteiger partial charge in [0, 0.05) is 13.0 Å². The van der Waals surface area contributed by atoms with Crippen LogP contribution in [0.25, 0.3) is 0 Å². The van der Waals surface area contributed by atoms with Gasteiger partial charge in [-0.25, -0.2) is 4.79 Å². The lowest BCUT2D eigenvalue weighted by Gasteiger charge is -2.14. The first-order valence-corrected chi connectivity index (χ1v) is 7.76. The zero-order chi connectivity index (χ0) is 17.7. The Labute approximate surface area is 135 Å². The Bertz CT molecular complexity index is 383. The Balaban J connectivity index is 3.88. The molecule has 9 nitrogen and oxygen atoms in total. The standard InChI is InChI=1S/C14H28N4O5/c15-14(16)17-9-5-6-10(13(22)23)18-11(19)7-3-1-2-4-8-12(20)21/h10,12,20-21H,1-9H2,(H,18,19)(H,22,23)(H4,15,16,17). The van der Waals surface area contributed by atoms with Crippen molar-refractivity contribution in [1.82, 2.24) is 5.32 Å². The first-order chi connectivity index (χ1) is 10.8. The molecule has 0 heterocycles. The van der Waals surface area contributed by atoms with Crippen LogP contribution in [0, 0.1) is 0 Å². The monoisotopic (exact) mass is 332 g/mol. The highest BCUT2D eigenvalue weighted by Crippen LogP contribution is 2.07. The number of rotatable bonds is 13. The fourth-order valence-corrected chi connectivity index (χ4v) is 1.99. The van der Waals surface area contributed by atoms with Crippen molar-refractivity contribution >= 4 is 17.8 Å². The van der Waals surface area contributed by atoms with Gasteiger partial charge in [-0.3, -0.25) is 9.79 Å². The second-order valence-electron chi connectivity index (χ2n) is 5.34. The number of carbonyl (C=O) groups is 2. The molecule has 0 spiro atoms. The normalized spacial score (nSPS) is 12.0. The first kappa shape index (κ1) is 21.1. The average molecular weight is 332 g/mol. The van der Waals surface area contributed by atoms with Gasteiger partial charge in [0.2, 0.25) is 5.91 Å². The van der Waals surface area contributed by atoms with E-state index in [0.29, 0.717) is 32.2 Å². The quantitative estimate of drug-likeness (QED) is 0.111. The number of aliphatic carboxylic acids is 1. The van der Waals surface area contributed by atoms with Gasteiger partial charge < -0.3 is 32.1 Å². The molecule has 0 radical (unpaired) electrons. The van der Waals surface area contributed by atoms with Gasteiger partial charge in [-0.1, -0.05) is 12.8 Å². The number of carbonyl (C=O) groups excluding carboxylic acids is 1. The summed E-state index contributed by atoms with van der Waals surface area (Å²) in [6, 6.07) is -0.943. The van der Waals surface area contributed by atoms with Crippen LogP contribution in [0.2, 0.25) is 0 Å². The molecule has 1 atom stereocenters. The summed E-state index contributed by atoms with van der Waals surface area (Å²) in [5.74, 6) is -1.43. The number of aliphatic imine (C=N–C) groups is 1. The van der Waals surface area contributed by atoms with E-state index in [-0.39, 0.29) is 24.7 Å². The van der Waals surface area contributed by atoms with E-state index < -0.39 is 18.3 Å². The lowest BCUT2D eigenvalue weighted by molar-refractivity contribution is -0.142. The van der Waals surface area contributed by atoms with Crippen molar-refractivity contribution in [2.45, 2.75) is 63.7 Å². The number of carboxylic acids is 1. The Morgan fingerprint density at radius 2 is 1.65 bits per heavy atom. The predicted octanol–water partition coefficient (Wildman–Crippen LogP) is -0.739. The molecule has 0 aromatic rings. The second kappa shape index (κ2) is 12.7. The smallest absolute Gasteiger partial charge is 0.326 e. The van der Waals surface area contributed by atoms with Crippen LogP contribution in [0.4, 0.5) is 0 Å². The molecule has 9 heteroatoms. The lowest BCUT2D eigenvalue weighted by atomic mass is 10.1. The van der Waals surface area contributed by atoms with Crippen LogP contribution >= 0.6 is 0 Å². The molecule has 0 fully saturated rings. The van der Waals surface area contributed by atoms with Gasteiger partial charge >= 0.3 is 5.97 Å². The first-order valence-electron chi connectivity index (χ1n) is 7.76. The fraction of sp³-hybridized carbons (Fsp3) is 0.786. The Morgan fingerprint density at radius 3 is 2.22 bits per heavy atom. The van der Waals surface area contributed by atoms with Crippen molar-refractivity contribution in [3.05, 3.63) is 0 Å². The summed E-state index contributed by atoms with van der Waals surface area (Å²) in [4.78, 5) is 26.6. The van der Waals surface area contributed by atoms with Crippen LogP contribution in [-0.4, -0.2) is 52.0 Å². The fourth-order valence-electron chi connectivity index (χ4n) is 1.99. The zero-order valence-corrected chi connectivity index (χ0v) is 13.3. The number of nitrogens with one attached hydrogen (secondary N) is 1. The largest absolute Gasteiger partial charge is 0.480 e. The molecule has 0 rings (SSSR count). The van der Waals surface area contributed by atoms with E-state index in [9.17, 15) is 9.59 Å². The van der Waals surface area contributed by atoms with Gasteiger partial charge in [0.25, 0.3) is 0 Å². The number of carboxylic acid groups (broad SMARTS) is 1. The molecule has 0 saturated carbocycles. The van der Waals surface area contributed by atoms with Crippen LogP contribution in [0.1, 0.15) is 51.4 Å². The minimum absolute atomic E-state index is 0.0466. The molecule has 0 saturated heterocycles. The second-order valence-corrected chi connectivity index (χ2v) is 5.34. The summed E-state index contributed by atoms with van der Waals surface area (Å²) in [6.07, 6.45) is 2.89. The molecule has 0 aliphatic heterocycles. The summed E-state index contributed by atoms with van der Waals surface area (Å²) >= 11 is 0. The van der Waals surface area contributed by atoms with Gasteiger partial charge in [0.1, 0.15) is 6.04 Å². The van der Waals surface area contributed by atoms with E-state index in [4.69, 9.17) is 26.8 Å². The van der Waals surface area contributed by atoms with E-state index in [1.54, 1.807) is 0 Å². The molecule has 0 aliphatic carbocycles. The lowest BCUT2D eigenvalue weighted by Crippen LogP contribution is -2.40. The van der Waals surface area contributed by atoms with E-state index in [1.165, 1.54) is 0 Å². The third kappa shape index (κ3) is 13.5. The molecular weight excluding hydrogens is 304 g/mol. The summed E-state index contributed by atoms with van der Waals surface area (Å²) in [6.45, 7) is 0.318. The Morgan fingerprint density at radius 1 is 1.00 bits per heavy atom. The van der Waals surface area contributed by atoms with Crippen LogP contribution in [-0.2, 0) is 9.59 Å². The molecule has 8 N–H and O–H groups in total. The van der Waals surface area contributed by atoms with E-state index in [0.717, 1.165) is 12.8 Å². The number of amides is 1. The van der Waals surface area contributed by atoms with Crippen LogP contribution in [0.15, 0.2) is 4.99 Å². The van der Waals surface area contributed by atoms with Crippen molar-refractivity contribution in [2.75, 3.05) is 6.54 Å². The molecule has 1 unspecified atom stereocenters. The third-order valence-electron chi connectivity index (χ3n) is 3.19.